The minimum atomic E-state index is 0.787. The fraction of sp³-hybridized carbons (Fsp3) is 0.0435. The van der Waals surface area contributed by atoms with Crippen LogP contribution in [0.1, 0.15) is 5.82 Å². The van der Waals surface area contributed by atoms with E-state index in [2.05, 4.69) is 82.8 Å². The molecule has 0 N–H and O–H groups in total. The molecule has 3 aromatic carbocycles. The second-order valence-electron chi connectivity index (χ2n) is 6.01. The zero-order valence-electron chi connectivity index (χ0n) is 14.1. The first-order valence-corrected chi connectivity index (χ1v) is 8.35. The summed E-state index contributed by atoms with van der Waals surface area (Å²) in [7, 11) is 0. The Morgan fingerprint density at radius 2 is 1.16 bits per heavy atom. The number of nitrogens with zero attached hydrogens (tertiary/aromatic N) is 2. The van der Waals surface area contributed by atoms with Crippen molar-refractivity contribution in [3.8, 4) is 33.5 Å². The molecule has 25 heavy (non-hydrogen) atoms. The first-order chi connectivity index (χ1) is 12.3. The van der Waals surface area contributed by atoms with Crippen LogP contribution in [0.15, 0.2) is 91.1 Å². The Balaban J connectivity index is 1.67. The molecule has 0 aliphatic rings. The molecule has 0 fully saturated rings. The lowest BCUT2D eigenvalue weighted by Gasteiger charge is -2.07. The van der Waals surface area contributed by atoms with Crippen LogP contribution in [0.5, 0.6) is 0 Å². The molecule has 0 unspecified atom stereocenters. The molecule has 120 valence electrons. The van der Waals surface area contributed by atoms with Crippen LogP contribution in [-0.2, 0) is 0 Å². The van der Waals surface area contributed by atoms with Gasteiger partial charge in [0.05, 0.1) is 5.69 Å². The maximum absolute atomic E-state index is 4.52. The molecule has 0 atom stereocenters. The number of rotatable bonds is 3. The minimum absolute atomic E-state index is 0.787. The maximum Gasteiger partial charge on any atom is 0.125 e. The van der Waals surface area contributed by atoms with Crippen molar-refractivity contribution in [2.75, 3.05) is 0 Å². The Kier molecular flexibility index (Phi) is 4.09. The molecule has 0 amide bonds. The third-order valence-electron chi connectivity index (χ3n) is 4.26. The monoisotopic (exact) mass is 322 g/mol. The van der Waals surface area contributed by atoms with Crippen LogP contribution in [0.4, 0.5) is 0 Å². The summed E-state index contributed by atoms with van der Waals surface area (Å²) >= 11 is 0. The average Bonchev–Trinajstić information content (AvgIpc) is 2.69. The fourth-order valence-corrected chi connectivity index (χ4v) is 2.96. The molecule has 0 aliphatic carbocycles. The van der Waals surface area contributed by atoms with Gasteiger partial charge in [0.2, 0.25) is 0 Å². The Morgan fingerprint density at radius 3 is 1.88 bits per heavy atom. The second kappa shape index (κ2) is 6.70. The molecule has 2 nitrogen and oxygen atoms in total. The van der Waals surface area contributed by atoms with Crippen molar-refractivity contribution in [1.29, 1.82) is 0 Å². The van der Waals surface area contributed by atoms with E-state index < -0.39 is 0 Å². The summed E-state index contributed by atoms with van der Waals surface area (Å²) in [5, 5.41) is 0. The highest BCUT2D eigenvalue weighted by Crippen LogP contribution is 2.27. The normalized spacial score (nSPS) is 10.6. The van der Waals surface area contributed by atoms with E-state index in [1.807, 2.05) is 19.1 Å². The molecule has 0 saturated carbocycles. The third-order valence-corrected chi connectivity index (χ3v) is 4.26. The number of hydrogen-bond donors (Lipinski definition) is 0. The SMILES string of the molecule is Cc1nccc(-c2cccc(-c3ccc(-c4ccccc4)cc3)c2)n1. The quantitative estimate of drug-likeness (QED) is 0.477. The zero-order chi connectivity index (χ0) is 17.1. The molecule has 4 aromatic rings. The predicted molar refractivity (Wildman–Crippen MR) is 103 cm³/mol. The molecule has 0 bridgehead atoms. The zero-order valence-corrected chi connectivity index (χ0v) is 14.1. The van der Waals surface area contributed by atoms with Crippen molar-refractivity contribution in [1.82, 2.24) is 9.97 Å². The van der Waals surface area contributed by atoms with Crippen LogP contribution in [0.2, 0.25) is 0 Å². The van der Waals surface area contributed by atoms with E-state index in [9.17, 15) is 0 Å². The molecule has 0 aliphatic heterocycles. The average molecular weight is 322 g/mol. The van der Waals surface area contributed by atoms with Crippen LogP contribution in [-0.4, -0.2) is 9.97 Å². The highest BCUT2D eigenvalue weighted by Gasteiger charge is 2.04. The summed E-state index contributed by atoms with van der Waals surface area (Å²) in [6.45, 7) is 1.91. The van der Waals surface area contributed by atoms with E-state index in [1.54, 1.807) is 6.20 Å². The largest absolute Gasteiger partial charge is 0.242 e. The van der Waals surface area contributed by atoms with Gasteiger partial charge in [0.15, 0.2) is 0 Å². The van der Waals surface area contributed by atoms with Crippen LogP contribution < -0.4 is 0 Å². The number of aromatic nitrogens is 2. The molecule has 0 saturated heterocycles. The lowest BCUT2D eigenvalue weighted by Crippen LogP contribution is -1.90. The van der Waals surface area contributed by atoms with E-state index in [0.717, 1.165) is 17.1 Å². The number of aryl methyl sites for hydroxylation is 1. The summed E-state index contributed by atoms with van der Waals surface area (Å²) in [5.74, 6) is 0.787. The molecule has 2 heteroatoms. The molecule has 0 spiro atoms. The minimum Gasteiger partial charge on any atom is -0.242 e. The first-order valence-electron chi connectivity index (χ1n) is 8.35. The van der Waals surface area contributed by atoms with Gasteiger partial charge in [0, 0.05) is 11.8 Å². The lowest BCUT2D eigenvalue weighted by molar-refractivity contribution is 1.06. The van der Waals surface area contributed by atoms with Gasteiger partial charge in [0.1, 0.15) is 5.82 Å². The highest BCUT2D eigenvalue weighted by molar-refractivity contribution is 5.74. The Labute approximate surface area is 147 Å². The van der Waals surface area contributed by atoms with Gasteiger partial charge in [-0.05, 0) is 41.3 Å². The van der Waals surface area contributed by atoms with E-state index in [0.29, 0.717) is 0 Å². The smallest absolute Gasteiger partial charge is 0.125 e. The van der Waals surface area contributed by atoms with Gasteiger partial charge >= 0.3 is 0 Å². The summed E-state index contributed by atoms with van der Waals surface area (Å²) < 4.78 is 0. The fourth-order valence-electron chi connectivity index (χ4n) is 2.96. The molecular weight excluding hydrogens is 304 g/mol. The van der Waals surface area contributed by atoms with Crippen LogP contribution in [0, 0.1) is 6.92 Å². The second-order valence-corrected chi connectivity index (χ2v) is 6.01. The van der Waals surface area contributed by atoms with E-state index in [1.165, 1.54) is 22.3 Å². The Morgan fingerprint density at radius 1 is 0.560 bits per heavy atom. The number of hydrogen-bond acceptors (Lipinski definition) is 2. The van der Waals surface area contributed by atoms with Crippen molar-refractivity contribution in [2.45, 2.75) is 6.92 Å². The molecule has 1 aromatic heterocycles. The lowest BCUT2D eigenvalue weighted by atomic mass is 9.98. The summed E-state index contributed by atoms with van der Waals surface area (Å²) in [5.41, 5.74) is 6.91. The first kappa shape index (κ1) is 15.3. The van der Waals surface area contributed by atoms with E-state index in [4.69, 9.17) is 0 Å². The number of benzene rings is 3. The Bertz CT molecular complexity index is 990. The Hall–Kier alpha value is -3.26. The van der Waals surface area contributed by atoms with Gasteiger partial charge in [0.25, 0.3) is 0 Å². The topological polar surface area (TPSA) is 25.8 Å². The summed E-state index contributed by atoms with van der Waals surface area (Å²) in [6.07, 6.45) is 1.80. The van der Waals surface area contributed by atoms with Crippen molar-refractivity contribution >= 4 is 0 Å². The standard InChI is InChI=1S/C23H18N2/c1-17-24-15-14-23(25-17)22-9-5-8-21(16-22)20-12-10-19(11-13-20)18-6-3-2-4-7-18/h2-16H,1H3. The van der Waals surface area contributed by atoms with Crippen LogP contribution >= 0.6 is 0 Å². The highest BCUT2D eigenvalue weighted by atomic mass is 14.9. The van der Waals surface area contributed by atoms with Gasteiger partial charge < -0.3 is 0 Å². The van der Waals surface area contributed by atoms with E-state index >= 15 is 0 Å². The third kappa shape index (κ3) is 3.33. The molecule has 1 heterocycles. The van der Waals surface area contributed by atoms with Crippen molar-refractivity contribution in [3.05, 3.63) is 97.0 Å². The van der Waals surface area contributed by atoms with Gasteiger partial charge in [-0.15, -0.1) is 0 Å². The summed E-state index contributed by atoms with van der Waals surface area (Å²) in [4.78, 5) is 8.69. The van der Waals surface area contributed by atoms with Crippen molar-refractivity contribution < 1.29 is 0 Å². The van der Waals surface area contributed by atoms with Gasteiger partial charge in [-0.3, -0.25) is 0 Å². The van der Waals surface area contributed by atoms with Crippen LogP contribution in [0.25, 0.3) is 33.5 Å². The van der Waals surface area contributed by atoms with Gasteiger partial charge in [-0.2, -0.15) is 0 Å². The molecule has 4 rings (SSSR count). The van der Waals surface area contributed by atoms with Gasteiger partial charge in [-0.25, -0.2) is 9.97 Å². The van der Waals surface area contributed by atoms with Crippen LogP contribution in [0.3, 0.4) is 0 Å². The van der Waals surface area contributed by atoms with Gasteiger partial charge in [-0.1, -0.05) is 72.8 Å². The van der Waals surface area contributed by atoms with Crippen molar-refractivity contribution in [3.63, 3.8) is 0 Å². The summed E-state index contributed by atoms with van der Waals surface area (Å²) in [6, 6.07) is 29.6. The molecule has 0 radical (unpaired) electrons. The van der Waals surface area contributed by atoms with E-state index in [-0.39, 0.29) is 0 Å². The van der Waals surface area contributed by atoms with Crippen molar-refractivity contribution in [2.24, 2.45) is 0 Å². The predicted octanol–water partition coefficient (Wildman–Crippen LogP) is 5.79. The molecular formula is C23H18N2. The maximum atomic E-state index is 4.52.